The van der Waals surface area contributed by atoms with Gasteiger partial charge in [0.2, 0.25) is 5.91 Å². The van der Waals surface area contributed by atoms with Gasteiger partial charge in [-0.2, -0.15) is 0 Å². The first-order valence-electron chi connectivity index (χ1n) is 6.80. The van der Waals surface area contributed by atoms with E-state index in [0.29, 0.717) is 0 Å². The maximum atomic E-state index is 12.2. The highest BCUT2D eigenvalue weighted by molar-refractivity contribution is 5.81. The maximum absolute atomic E-state index is 12.2. The Morgan fingerprint density at radius 2 is 1.94 bits per heavy atom. The van der Waals surface area contributed by atoms with Gasteiger partial charge in [0.05, 0.1) is 5.92 Å². The van der Waals surface area contributed by atoms with Crippen molar-refractivity contribution in [3.8, 4) is 0 Å². The van der Waals surface area contributed by atoms with Gasteiger partial charge in [-0.25, -0.2) is 0 Å². The molecule has 1 aliphatic heterocycles. The molecule has 0 saturated carbocycles. The van der Waals surface area contributed by atoms with Crippen molar-refractivity contribution in [1.82, 2.24) is 4.90 Å². The minimum Gasteiger partial charge on any atom is -0.342 e. The van der Waals surface area contributed by atoms with Crippen molar-refractivity contribution in [2.45, 2.75) is 39.2 Å². The normalized spacial score (nSPS) is 30.2. The summed E-state index contributed by atoms with van der Waals surface area (Å²) in [7, 11) is 0. The van der Waals surface area contributed by atoms with Gasteiger partial charge in [-0.3, -0.25) is 4.79 Å². The molecule has 0 aromatic carbocycles. The topological polar surface area (TPSA) is 46.3 Å². The van der Waals surface area contributed by atoms with Crippen molar-refractivity contribution >= 4 is 5.91 Å². The van der Waals surface area contributed by atoms with Crippen LogP contribution >= 0.6 is 0 Å². The highest BCUT2D eigenvalue weighted by Crippen LogP contribution is 2.27. The van der Waals surface area contributed by atoms with E-state index in [1.54, 1.807) is 0 Å². The average molecular weight is 236 g/mol. The summed E-state index contributed by atoms with van der Waals surface area (Å²) >= 11 is 0. The van der Waals surface area contributed by atoms with Crippen molar-refractivity contribution < 1.29 is 4.79 Å². The van der Waals surface area contributed by atoms with E-state index < -0.39 is 0 Å². The number of nitrogens with zero attached hydrogens (tertiary/aromatic N) is 1. The SMILES string of the molecule is CC(C)C1CCN(C(=O)C2C=CC(N)C2)CC1. The lowest BCUT2D eigenvalue weighted by molar-refractivity contribution is -0.135. The zero-order valence-electron chi connectivity index (χ0n) is 10.9. The highest BCUT2D eigenvalue weighted by Gasteiger charge is 2.30. The van der Waals surface area contributed by atoms with Gasteiger partial charge in [0.15, 0.2) is 0 Å². The van der Waals surface area contributed by atoms with Crippen molar-refractivity contribution in [2.24, 2.45) is 23.5 Å². The van der Waals surface area contributed by atoms with Crippen LogP contribution in [-0.2, 0) is 4.79 Å². The van der Waals surface area contributed by atoms with Gasteiger partial charge < -0.3 is 10.6 Å². The van der Waals surface area contributed by atoms with Gasteiger partial charge in [-0.05, 0) is 31.1 Å². The summed E-state index contributed by atoms with van der Waals surface area (Å²) in [5.41, 5.74) is 5.80. The first-order chi connectivity index (χ1) is 8.08. The number of nitrogens with two attached hydrogens (primary N) is 1. The molecular formula is C14H24N2O. The van der Waals surface area contributed by atoms with Gasteiger partial charge in [-0.15, -0.1) is 0 Å². The monoisotopic (exact) mass is 236 g/mol. The lowest BCUT2D eigenvalue weighted by Gasteiger charge is -2.35. The molecule has 0 aromatic rings. The van der Waals surface area contributed by atoms with Crippen LogP contribution in [0.2, 0.25) is 0 Å². The molecule has 3 nitrogen and oxygen atoms in total. The minimum absolute atomic E-state index is 0.0422. The van der Waals surface area contributed by atoms with E-state index in [2.05, 4.69) is 13.8 Å². The molecule has 2 atom stereocenters. The summed E-state index contributed by atoms with van der Waals surface area (Å²) in [6, 6.07) is 0.0807. The molecule has 2 N–H and O–H groups in total. The van der Waals surface area contributed by atoms with Gasteiger partial charge in [-0.1, -0.05) is 26.0 Å². The summed E-state index contributed by atoms with van der Waals surface area (Å²) in [6.45, 7) is 6.42. The fraction of sp³-hybridized carbons (Fsp3) is 0.786. The van der Waals surface area contributed by atoms with Crippen LogP contribution in [0.1, 0.15) is 33.1 Å². The molecule has 1 aliphatic carbocycles. The smallest absolute Gasteiger partial charge is 0.229 e. The molecule has 0 radical (unpaired) electrons. The molecule has 96 valence electrons. The average Bonchev–Trinajstić information content (AvgIpc) is 2.75. The molecule has 0 spiro atoms. The van der Waals surface area contributed by atoms with Crippen LogP contribution in [0.25, 0.3) is 0 Å². The zero-order chi connectivity index (χ0) is 12.4. The van der Waals surface area contributed by atoms with Crippen molar-refractivity contribution in [3.05, 3.63) is 12.2 Å². The first-order valence-corrected chi connectivity index (χ1v) is 6.80. The van der Waals surface area contributed by atoms with E-state index in [4.69, 9.17) is 5.73 Å². The molecule has 1 saturated heterocycles. The summed E-state index contributed by atoms with van der Waals surface area (Å²) in [5, 5.41) is 0. The summed E-state index contributed by atoms with van der Waals surface area (Å²) < 4.78 is 0. The number of amides is 1. The molecule has 3 heteroatoms. The van der Waals surface area contributed by atoms with E-state index in [0.717, 1.165) is 44.2 Å². The number of piperidine rings is 1. The predicted octanol–water partition coefficient (Wildman–Crippen LogP) is 1.78. The Balaban J connectivity index is 1.84. The predicted molar refractivity (Wildman–Crippen MR) is 69.4 cm³/mol. The number of hydrogen-bond acceptors (Lipinski definition) is 2. The second-order valence-corrected chi connectivity index (χ2v) is 5.80. The third-order valence-corrected chi connectivity index (χ3v) is 4.23. The van der Waals surface area contributed by atoms with Crippen LogP contribution in [0.3, 0.4) is 0 Å². The van der Waals surface area contributed by atoms with Crippen molar-refractivity contribution in [3.63, 3.8) is 0 Å². The van der Waals surface area contributed by atoms with E-state index in [1.165, 1.54) is 0 Å². The van der Waals surface area contributed by atoms with Crippen LogP contribution in [0.4, 0.5) is 0 Å². The Labute approximate surface area is 104 Å². The van der Waals surface area contributed by atoms with E-state index in [-0.39, 0.29) is 17.9 Å². The summed E-state index contributed by atoms with van der Waals surface area (Å²) in [6.07, 6.45) is 7.06. The Kier molecular flexibility index (Phi) is 3.87. The standard InChI is InChI=1S/C14H24N2O/c1-10(2)11-5-7-16(8-6-11)14(17)12-3-4-13(15)9-12/h3-4,10-13H,5-9,15H2,1-2H3. The molecule has 1 fully saturated rings. The molecule has 1 amide bonds. The number of hydrogen-bond donors (Lipinski definition) is 1. The lowest BCUT2D eigenvalue weighted by atomic mass is 9.86. The number of carbonyl (C=O) groups excluding carboxylic acids is 1. The van der Waals surface area contributed by atoms with Crippen LogP contribution in [0, 0.1) is 17.8 Å². The highest BCUT2D eigenvalue weighted by atomic mass is 16.2. The maximum Gasteiger partial charge on any atom is 0.229 e. The Morgan fingerprint density at radius 3 is 2.41 bits per heavy atom. The second-order valence-electron chi connectivity index (χ2n) is 5.80. The Hall–Kier alpha value is -0.830. The minimum atomic E-state index is 0.0422. The van der Waals surface area contributed by atoms with Crippen molar-refractivity contribution in [1.29, 1.82) is 0 Å². The third-order valence-electron chi connectivity index (χ3n) is 4.23. The molecule has 2 rings (SSSR count). The van der Waals surface area contributed by atoms with E-state index in [9.17, 15) is 4.79 Å². The van der Waals surface area contributed by atoms with Gasteiger partial charge in [0, 0.05) is 19.1 Å². The summed E-state index contributed by atoms with van der Waals surface area (Å²) in [4.78, 5) is 14.3. The van der Waals surface area contributed by atoms with Gasteiger partial charge >= 0.3 is 0 Å². The van der Waals surface area contributed by atoms with Crippen LogP contribution in [-0.4, -0.2) is 29.9 Å². The molecule has 1 heterocycles. The lowest BCUT2D eigenvalue weighted by Crippen LogP contribution is -2.42. The van der Waals surface area contributed by atoms with Crippen LogP contribution in [0.15, 0.2) is 12.2 Å². The fourth-order valence-corrected chi connectivity index (χ4v) is 2.93. The molecule has 2 aliphatic rings. The van der Waals surface area contributed by atoms with Crippen LogP contribution < -0.4 is 5.73 Å². The molecular weight excluding hydrogens is 212 g/mol. The Morgan fingerprint density at radius 1 is 1.29 bits per heavy atom. The van der Waals surface area contributed by atoms with Crippen molar-refractivity contribution in [2.75, 3.05) is 13.1 Å². The van der Waals surface area contributed by atoms with Gasteiger partial charge in [0.1, 0.15) is 0 Å². The Bertz CT molecular complexity index is 303. The molecule has 0 aromatic heterocycles. The first kappa shape index (κ1) is 12.6. The molecule has 0 bridgehead atoms. The van der Waals surface area contributed by atoms with E-state index >= 15 is 0 Å². The van der Waals surface area contributed by atoms with Crippen LogP contribution in [0.5, 0.6) is 0 Å². The number of rotatable bonds is 2. The number of likely N-dealkylation sites (tertiary alicyclic amines) is 1. The zero-order valence-corrected chi connectivity index (χ0v) is 10.9. The molecule has 2 unspecified atom stereocenters. The molecule has 17 heavy (non-hydrogen) atoms. The quantitative estimate of drug-likeness (QED) is 0.743. The van der Waals surface area contributed by atoms with E-state index in [1.807, 2.05) is 17.1 Å². The van der Waals surface area contributed by atoms with Gasteiger partial charge in [0.25, 0.3) is 0 Å². The third kappa shape index (κ3) is 2.89. The second kappa shape index (κ2) is 5.21. The fourth-order valence-electron chi connectivity index (χ4n) is 2.93. The number of carbonyl (C=O) groups is 1. The largest absolute Gasteiger partial charge is 0.342 e. The summed E-state index contributed by atoms with van der Waals surface area (Å²) in [5.74, 6) is 1.87.